The summed E-state index contributed by atoms with van der Waals surface area (Å²) in [4.78, 5) is 11.6. The average Bonchev–Trinajstić information content (AvgIpc) is 2.92. The third-order valence-electron chi connectivity index (χ3n) is 3.24. The Labute approximate surface area is 113 Å². The van der Waals surface area contributed by atoms with E-state index in [9.17, 15) is 0 Å². The van der Waals surface area contributed by atoms with Crippen molar-refractivity contribution in [3.8, 4) is 0 Å². The summed E-state index contributed by atoms with van der Waals surface area (Å²) in [5.41, 5.74) is 5.99. The number of guanidine groups is 1. The van der Waals surface area contributed by atoms with Crippen LogP contribution in [-0.2, 0) is 6.42 Å². The number of thiophene rings is 1. The molecule has 100 valence electrons. The fourth-order valence-electron chi connectivity index (χ4n) is 2.11. The number of nitrogens with two attached hydrogens (primary N) is 1. The lowest BCUT2D eigenvalue weighted by Gasteiger charge is -2.26. The highest BCUT2D eigenvalue weighted by Gasteiger charge is 2.28. The molecule has 1 aromatic heterocycles. The minimum absolute atomic E-state index is 0.343. The Hall–Kier alpha value is -1.07. The quantitative estimate of drug-likeness (QED) is 0.879. The molecule has 0 saturated carbocycles. The van der Waals surface area contributed by atoms with Crippen molar-refractivity contribution < 1.29 is 0 Å². The van der Waals surface area contributed by atoms with Crippen LogP contribution in [-0.4, -0.2) is 49.5 Å². The lowest BCUT2D eigenvalue weighted by Crippen LogP contribution is -2.40. The largest absolute Gasteiger partial charge is 0.370 e. The van der Waals surface area contributed by atoms with Crippen LogP contribution in [0.15, 0.2) is 17.1 Å². The van der Waals surface area contributed by atoms with Gasteiger partial charge in [0, 0.05) is 22.8 Å². The number of hydrogen-bond donors (Lipinski definition) is 1. The summed E-state index contributed by atoms with van der Waals surface area (Å²) < 4.78 is 0. The van der Waals surface area contributed by atoms with Gasteiger partial charge >= 0.3 is 0 Å². The zero-order valence-electron chi connectivity index (χ0n) is 11.4. The van der Waals surface area contributed by atoms with E-state index in [0.29, 0.717) is 12.0 Å². The SMILES string of the molecule is CCc1ccc(C2CN=C(N)N2CCN(C)C)s1. The van der Waals surface area contributed by atoms with E-state index in [-0.39, 0.29) is 0 Å². The number of rotatable bonds is 5. The van der Waals surface area contributed by atoms with Crippen LogP contribution in [0.2, 0.25) is 0 Å². The lowest BCUT2D eigenvalue weighted by atomic mass is 10.2. The molecule has 0 radical (unpaired) electrons. The average molecular weight is 266 g/mol. The zero-order chi connectivity index (χ0) is 13.1. The Kier molecular flexibility index (Phi) is 4.24. The molecule has 0 bridgehead atoms. The Morgan fingerprint density at radius 1 is 1.50 bits per heavy atom. The van der Waals surface area contributed by atoms with Crippen LogP contribution in [0.1, 0.15) is 22.7 Å². The van der Waals surface area contributed by atoms with Crippen molar-refractivity contribution in [1.82, 2.24) is 9.80 Å². The molecule has 0 fully saturated rings. The molecule has 0 spiro atoms. The molecule has 2 heterocycles. The van der Waals surface area contributed by atoms with E-state index in [1.807, 2.05) is 11.3 Å². The van der Waals surface area contributed by atoms with Crippen LogP contribution in [0.4, 0.5) is 0 Å². The predicted molar refractivity (Wildman–Crippen MR) is 78.2 cm³/mol. The van der Waals surface area contributed by atoms with Crippen molar-refractivity contribution in [2.45, 2.75) is 19.4 Å². The van der Waals surface area contributed by atoms with Crippen LogP contribution >= 0.6 is 11.3 Å². The van der Waals surface area contributed by atoms with Gasteiger partial charge in [0.2, 0.25) is 0 Å². The Morgan fingerprint density at radius 3 is 2.89 bits per heavy atom. The van der Waals surface area contributed by atoms with Gasteiger partial charge < -0.3 is 15.5 Å². The fourth-order valence-corrected chi connectivity index (χ4v) is 3.17. The second kappa shape index (κ2) is 5.71. The first-order chi connectivity index (χ1) is 8.61. The van der Waals surface area contributed by atoms with Crippen molar-refractivity contribution in [1.29, 1.82) is 0 Å². The van der Waals surface area contributed by atoms with E-state index in [1.165, 1.54) is 9.75 Å². The topological polar surface area (TPSA) is 44.9 Å². The minimum atomic E-state index is 0.343. The van der Waals surface area contributed by atoms with Gasteiger partial charge in [-0.15, -0.1) is 11.3 Å². The maximum absolute atomic E-state index is 5.99. The highest BCUT2D eigenvalue weighted by Crippen LogP contribution is 2.31. The Bertz CT molecular complexity index is 424. The first kappa shape index (κ1) is 13.4. The molecule has 2 rings (SSSR count). The number of aliphatic imine (C=N–C) groups is 1. The van der Waals surface area contributed by atoms with Crippen LogP contribution in [0, 0.1) is 0 Å². The number of nitrogens with zero attached hydrogens (tertiary/aromatic N) is 3. The summed E-state index contributed by atoms with van der Waals surface area (Å²) in [7, 11) is 4.16. The van der Waals surface area contributed by atoms with E-state index < -0.39 is 0 Å². The minimum Gasteiger partial charge on any atom is -0.370 e. The van der Waals surface area contributed by atoms with Crippen LogP contribution in [0.5, 0.6) is 0 Å². The third-order valence-corrected chi connectivity index (χ3v) is 4.57. The van der Waals surface area contributed by atoms with Crippen LogP contribution in [0.3, 0.4) is 0 Å². The first-order valence-corrected chi connectivity index (χ1v) is 7.23. The fraction of sp³-hybridized carbons (Fsp3) is 0.615. The summed E-state index contributed by atoms with van der Waals surface area (Å²) in [6.07, 6.45) is 1.10. The van der Waals surface area contributed by atoms with Crippen molar-refractivity contribution in [2.24, 2.45) is 10.7 Å². The highest BCUT2D eigenvalue weighted by molar-refractivity contribution is 7.12. The molecular formula is C13H22N4S. The Balaban J connectivity index is 2.07. The summed E-state index contributed by atoms with van der Waals surface area (Å²) in [6.45, 7) is 4.92. The molecule has 2 N–H and O–H groups in total. The molecule has 0 aliphatic carbocycles. The van der Waals surface area contributed by atoms with Gasteiger partial charge in [0.25, 0.3) is 0 Å². The highest BCUT2D eigenvalue weighted by atomic mass is 32.1. The van der Waals surface area contributed by atoms with Crippen LogP contribution < -0.4 is 5.73 Å². The smallest absolute Gasteiger partial charge is 0.191 e. The summed E-state index contributed by atoms with van der Waals surface area (Å²) in [6, 6.07) is 4.79. The molecule has 1 aliphatic heterocycles. The van der Waals surface area contributed by atoms with E-state index in [4.69, 9.17) is 5.73 Å². The molecule has 1 unspecified atom stereocenters. The Morgan fingerprint density at radius 2 is 2.28 bits per heavy atom. The van der Waals surface area contributed by atoms with E-state index in [2.05, 4.69) is 47.9 Å². The van der Waals surface area contributed by atoms with E-state index >= 15 is 0 Å². The maximum atomic E-state index is 5.99. The van der Waals surface area contributed by atoms with Crippen molar-refractivity contribution in [3.05, 3.63) is 21.9 Å². The van der Waals surface area contributed by atoms with Crippen molar-refractivity contribution >= 4 is 17.3 Å². The molecule has 5 heteroatoms. The second-order valence-electron chi connectivity index (χ2n) is 4.87. The van der Waals surface area contributed by atoms with Gasteiger partial charge in [0.1, 0.15) is 0 Å². The molecule has 0 amide bonds. The molecule has 4 nitrogen and oxygen atoms in total. The molecule has 1 aliphatic rings. The summed E-state index contributed by atoms with van der Waals surface area (Å²) in [5.74, 6) is 0.688. The van der Waals surface area contributed by atoms with Gasteiger partial charge in [-0.2, -0.15) is 0 Å². The van der Waals surface area contributed by atoms with Gasteiger partial charge in [0.15, 0.2) is 5.96 Å². The molecular weight excluding hydrogens is 244 g/mol. The van der Waals surface area contributed by atoms with Gasteiger partial charge in [-0.25, -0.2) is 0 Å². The summed E-state index contributed by atoms with van der Waals surface area (Å²) in [5, 5.41) is 0. The van der Waals surface area contributed by atoms with Crippen molar-refractivity contribution in [3.63, 3.8) is 0 Å². The van der Waals surface area contributed by atoms with Gasteiger partial charge in [-0.3, -0.25) is 4.99 Å². The summed E-state index contributed by atoms with van der Waals surface area (Å²) >= 11 is 1.89. The van der Waals surface area contributed by atoms with Crippen LogP contribution in [0.25, 0.3) is 0 Å². The molecule has 18 heavy (non-hydrogen) atoms. The number of likely N-dealkylation sites (N-methyl/N-ethyl adjacent to an activating group) is 1. The number of aryl methyl sites for hydroxylation is 1. The lowest BCUT2D eigenvalue weighted by molar-refractivity contribution is 0.295. The monoisotopic (exact) mass is 266 g/mol. The van der Waals surface area contributed by atoms with Gasteiger partial charge in [-0.1, -0.05) is 6.92 Å². The standard InChI is InChI=1S/C13H22N4S/c1-4-10-5-6-12(18-10)11-9-15-13(14)17(11)8-7-16(2)3/h5-6,11H,4,7-9H2,1-3H3,(H2,14,15). The molecule has 0 saturated heterocycles. The molecule has 0 aromatic carbocycles. The van der Waals surface area contributed by atoms with E-state index in [1.54, 1.807) is 0 Å². The normalized spacial score (nSPS) is 19.7. The second-order valence-corrected chi connectivity index (χ2v) is 6.07. The molecule has 1 aromatic rings. The van der Waals surface area contributed by atoms with Crippen molar-refractivity contribution in [2.75, 3.05) is 33.7 Å². The zero-order valence-corrected chi connectivity index (χ0v) is 12.2. The molecule has 1 atom stereocenters. The maximum Gasteiger partial charge on any atom is 0.191 e. The van der Waals surface area contributed by atoms with Gasteiger partial charge in [0.05, 0.1) is 12.6 Å². The predicted octanol–water partition coefficient (Wildman–Crippen LogP) is 1.54. The van der Waals surface area contributed by atoms with E-state index in [0.717, 1.165) is 26.1 Å². The third kappa shape index (κ3) is 2.84. The van der Waals surface area contributed by atoms with Gasteiger partial charge in [-0.05, 0) is 32.6 Å². The first-order valence-electron chi connectivity index (χ1n) is 6.41. The number of hydrogen-bond acceptors (Lipinski definition) is 5.